The van der Waals surface area contributed by atoms with Gasteiger partial charge in [0.05, 0.1) is 13.0 Å². The minimum atomic E-state index is -0.895. The molecule has 0 aliphatic heterocycles. The highest BCUT2D eigenvalue weighted by atomic mass is 16.4. The molecule has 6 heteroatoms. The topological polar surface area (TPSA) is 95.5 Å². The van der Waals surface area contributed by atoms with Gasteiger partial charge >= 0.3 is 5.97 Å². The molecule has 0 spiro atoms. The molecule has 0 saturated heterocycles. The van der Waals surface area contributed by atoms with Gasteiger partial charge in [0, 0.05) is 13.0 Å². The lowest BCUT2D eigenvalue weighted by Crippen LogP contribution is -2.39. The molecule has 0 aromatic heterocycles. The van der Waals surface area contributed by atoms with E-state index >= 15 is 0 Å². The van der Waals surface area contributed by atoms with Crippen LogP contribution in [-0.2, 0) is 20.8 Å². The molecule has 0 fully saturated rings. The van der Waals surface area contributed by atoms with E-state index in [-0.39, 0.29) is 43.7 Å². The Balaban J connectivity index is 2.20. The number of carbonyl (C=O) groups is 3. The van der Waals surface area contributed by atoms with Gasteiger partial charge < -0.3 is 15.7 Å². The normalized spacial score (nSPS) is 11.5. The van der Waals surface area contributed by atoms with Crippen LogP contribution < -0.4 is 10.6 Å². The molecule has 0 aliphatic carbocycles. The largest absolute Gasteiger partial charge is 0.481 e. The summed E-state index contributed by atoms with van der Waals surface area (Å²) < 4.78 is 0. The van der Waals surface area contributed by atoms with Crippen LogP contribution in [0, 0.1) is 5.92 Å². The molecule has 3 N–H and O–H groups in total. The van der Waals surface area contributed by atoms with Crippen molar-refractivity contribution in [2.45, 2.75) is 19.8 Å². The summed E-state index contributed by atoms with van der Waals surface area (Å²) >= 11 is 0. The zero-order valence-electron chi connectivity index (χ0n) is 12.0. The van der Waals surface area contributed by atoms with Gasteiger partial charge in [-0.1, -0.05) is 37.3 Å². The van der Waals surface area contributed by atoms with Crippen LogP contribution in [0.1, 0.15) is 18.9 Å². The summed E-state index contributed by atoms with van der Waals surface area (Å²) in [5, 5.41) is 13.7. The lowest BCUT2D eigenvalue weighted by Gasteiger charge is -2.11. The van der Waals surface area contributed by atoms with Crippen LogP contribution in [-0.4, -0.2) is 36.0 Å². The Hall–Kier alpha value is -2.37. The quantitative estimate of drug-likeness (QED) is 0.653. The van der Waals surface area contributed by atoms with Gasteiger partial charge in [0.1, 0.15) is 0 Å². The van der Waals surface area contributed by atoms with Crippen molar-refractivity contribution >= 4 is 17.8 Å². The molecule has 114 valence electrons. The van der Waals surface area contributed by atoms with Crippen LogP contribution in [0.5, 0.6) is 0 Å². The zero-order chi connectivity index (χ0) is 15.7. The van der Waals surface area contributed by atoms with E-state index in [1.807, 2.05) is 30.3 Å². The Morgan fingerprint density at radius 3 is 2.38 bits per heavy atom. The van der Waals surface area contributed by atoms with Crippen LogP contribution in [0.3, 0.4) is 0 Å². The molecule has 0 saturated carbocycles. The van der Waals surface area contributed by atoms with E-state index in [0.717, 1.165) is 5.56 Å². The van der Waals surface area contributed by atoms with Gasteiger partial charge in [-0.15, -0.1) is 0 Å². The highest BCUT2D eigenvalue weighted by molar-refractivity contribution is 5.85. The number of benzene rings is 1. The van der Waals surface area contributed by atoms with E-state index in [4.69, 9.17) is 5.11 Å². The number of hydrogen-bond acceptors (Lipinski definition) is 3. The van der Waals surface area contributed by atoms with Crippen LogP contribution in [0.15, 0.2) is 30.3 Å². The maximum absolute atomic E-state index is 11.6. The van der Waals surface area contributed by atoms with Crippen molar-refractivity contribution in [2.75, 3.05) is 13.1 Å². The third-order valence-electron chi connectivity index (χ3n) is 2.82. The van der Waals surface area contributed by atoms with Crippen molar-refractivity contribution in [3.8, 4) is 0 Å². The number of carboxylic acid groups (broad SMARTS) is 1. The molecule has 21 heavy (non-hydrogen) atoms. The summed E-state index contributed by atoms with van der Waals surface area (Å²) in [7, 11) is 0. The van der Waals surface area contributed by atoms with Gasteiger partial charge in [0.15, 0.2) is 0 Å². The van der Waals surface area contributed by atoms with Gasteiger partial charge in [0.2, 0.25) is 11.8 Å². The van der Waals surface area contributed by atoms with E-state index in [9.17, 15) is 14.4 Å². The molecule has 2 amide bonds. The minimum Gasteiger partial charge on any atom is -0.481 e. The number of rotatable bonds is 8. The average Bonchev–Trinajstić information content (AvgIpc) is 2.43. The van der Waals surface area contributed by atoms with E-state index in [1.165, 1.54) is 0 Å². The first-order valence-corrected chi connectivity index (χ1v) is 6.76. The fraction of sp³-hybridized carbons (Fsp3) is 0.400. The molecule has 0 bridgehead atoms. The minimum absolute atomic E-state index is 0.000641. The SMILES string of the molecule is CC(CNC(=O)CNC(=O)Cc1ccccc1)CC(=O)O. The molecule has 0 aliphatic rings. The fourth-order valence-electron chi connectivity index (χ4n) is 1.74. The molecule has 0 radical (unpaired) electrons. The fourth-order valence-corrected chi connectivity index (χ4v) is 1.74. The predicted molar refractivity (Wildman–Crippen MR) is 77.6 cm³/mol. The van der Waals surface area contributed by atoms with E-state index in [0.29, 0.717) is 0 Å². The first kappa shape index (κ1) is 16.7. The van der Waals surface area contributed by atoms with Crippen molar-refractivity contribution in [1.29, 1.82) is 0 Å². The standard InChI is InChI=1S/C15H20N2O4/c1-11(7-15(20)21)9-16-14(19)10-17-13(18)8-12-5-3-2-4-6-12/h2-6,11H,7-10H2,1H3,(H,16,19)(H,17,18)(H,20,21). The van der Waals surface area contributed by atoms with Crippen LogP contribution in [0.2, 0.25) is 0 Å². The Kier molecular flexibility index (Phi) is 6.94. The highest BCUT2D eigenvalue weighted by Crippen LogP contribution is 2.00. The molecule has 1 rings (SSSR count). The summed E-state index contributed by atoms with van der Waals surface area (Å²) in [5.74, 6) is -1.59. The molecule has 1 atom stereocenters. The first-order valence-electron chi connectivity index (χ1n) is 6.76. The lowest BCUT2D eigenvalue weighted by molar-refractivity contribution is -0.138. The summed E-state index contributed by atoms with van der Waals surface area (Å²) in [6, 6.07) is 9.24. The second-order valence-corrected chi connectivity index (χ2v) is 4.95. The maximum Gasteiger partial charge on any atom is 0.303 e. The third kappa shape index (κ3) is 7.71. The number of nitrogens with one attached hydrogen (secondary N) is 2. The second-order valence-electron chi connectivity index (χ2n) is 4.95. The number of carboxylic acids is 1. The molecule has 0 heterocycles. The lowest BCUT2D eigenvalue weighted by atomic mass is 10.1. The van der Waals surface area contributed by atoms with Crippen LogP contribution in [0.4, 0.5) is 0 Å². The molecule has 1 aromatic rings. The first-order chi connectivity index (χ1) is 9.97. The summed E-state index contributed by atoms with van der Waals surface area (Å²) in [6.07, 6.45) is 0.226. The van der Waals surface area contributed by atoms with E-state index in [1.54, 1.807) is 6.92 Å². The van der Waals surface area contributed by atoms with E-state index in [2.05, 4.69) is 10.6 Å². The predicted octanol–water partition coefficient (Wildman–Crippen LogP) is 0.572. The van der Waals surface area contributed by atoms with Crippen molar-refractivity contribution in [1.82, 2.24) is 10.6 Å². The van der Waals surface area contributed by atoms with Gasteiger partial charge in [-0.3, -0.25) is 14.4 Å². The molecule has 6 nitrogen and oxygen atoms in total. The molecule has 1 aromatic carbocycles. The van der Waals surface area contributed by atoms with Crippen LogP contribution in [0.25, 0.3) is 0 Å². The zero-order valence-corrected chi connectivity index (χ0v) is 12.0. The molecular weight excluding hydrogens is 272 g/mol. The third-order valence-corrected chi connectivity index (χ3v) is 2.82. The van der Waals surface area contributed by atoms with Gasteiger partial charge in [0.25, 0.3) is 0 Å². The van der Waals surface area contributed by atoms with Crippen molar-refractivity contribution < 1.29 is 19.5 Å². The number of hydrogen-bond donors (Lipinski definition) is 3. The van der Waals surface area contributed by atoms with Gasteiger partial charge in [-0.25, -0.2) is 0 Å². The second kappa shape index (κ2) is 8.73. The summed E-state index contributed by atoms with van der Waals surface area (Å²) in [5.41, 5.74) is 0.880. The smallest absolute Gasteiger partial charge is 0.303 e. The average molecular weight is 292 g/mol. The molecular formula is C15H20N2O4. The maximum atomic E-state index is 11.6. The summed E-state index contributed by atoms with van der Waals surface area (Å²) in [6.45, 7) is 1.91. The summed E-state index contributed by atoms with van der Waals surface area (Å²) in [4.78, 5) is 33.6. The number of carbonyl (C=O) groups excluding carboxylic acids is 2. The highest BCUT2D eigenvalue weighted by Gasteiger charge is 2.10. The number of amides is 2. The van der Waals surface area contributed by atoms with Crippen LogP contribution >= 0.6 is 0 Å². The van der Waals surface area contributed by atoms with Crippen molar-refractivity contribution in [2.24, 2.45) is 5.92 Å². The Labute approximate surface area is 123 Å². The Bertz CT molecular complexity index is 488. The van der Waals surface area contributed by atoms with Gasteiger partial charge in [-0.2, -0.15) is 0 Å². The van der Waals surface area contributed by atoms with Crippen molar-refractivity contribution in [3.05, 3.63) is 35.9 Å². The Morgan fingerprint density at radius 1 is 1.10 bits per heavy atom. The van der Waals surface area contributed by atoms with Crippen molar-refractivity contribution in [3.63, 3.8) is 0 Å². The number of aliphatic carboxylic acids is 1. The monoisotopic (exact) mass is 292 g/mol. The Morgan fingerprint density at radius 2 is 1.76 bits per heavy atom. The van der Waals surface area contributed by atoms with E-state index < -0.39 is 5.97 Å². The van der Waals surface area contributed by atoms with Gasteiger partial charge in [-0.05, 0) is 11.5 Å². The molecule has 1 unspecified atom stereocenters.